The fourth-order valence-corrected chi connectivity index (χ4v) is 1.86. The predicted molar refractivity (Wildman–Crippen MR) is 98.2 cm³/mol. The molecule has 0 unspecified atom stereocenters. The molecule has 0 bridgehead atoms. The minimum atomic E-state index is -0.512. The Kier molecular flexibility index (Phi) is 7.63. The zero-order valence-electron chi connectivity index (χ0n) is 14.8. The maximum atomic E-state index is 11.7. The Morgan fingerprint density at radius 3 is 2.46 bits per heavy atom. The van der Waals surface area contributed by atoms with E-state index in [0.717, 1.165) is 18.5 Å². The number of ether oxygens (including phenoxy) is 1. The molecular weight excluding hydrogens is 304 g/mol. The topological polar surface area (TPSA) is 74.8 Å². The van der Waals surface area contributed by atoms with E-state index in [-0.39, 0.29) is 0 Å². The first-order valence-corrected chi connectivity index (χ1v) is 7.81. The van der Waals surface area contributed by atoms with Gasteiger partial charge < -0.3 is 15.4 Å². The van der Waals surface area contributed by atoms with Gasteiger partial charge in [0.05, 0.1) is 6.54 Å². The van der Waals surface area contributed by atoms with E-state index >= 15 is 0 Å². The van der Waals surface area contributed by atoms with Crippen LogP contribution in [0.25, 0.3) is 0 Å². The highest BCUT2D eigenvalue weighted by atomic mass is 16.6. The molecule has 0 saturated carbocycles. The predicted octanol–water partition coefficient (Wildman–Crippen LogP) is 2.37. The first-order valence-electron chi connectivity index (χ1n) is 7.81. The summed E-state index contributed by atoms with van der Waals surface area (Å²) in [4.78, 5) is 15.8. The Labute approximate surface area is 144 Å². The first kappa shape index (κ1) is 19.4. The summed E-state index contributed by atoms with van der Waals surface area (Å²) in [5, 5.41) is 8.88. The van der Waals surface area contributed by atoms with Crippen molar-refractivity contribution in [2.45, 2.75) is 32.8 Å². The molecule has 0 aromatic heterocycles. The lowest BCUT2D eigenvalue weighted by atomic mass is 10.1. The Balaban J connectivity index is 2.42. The quantitative estimate of drug-likeness (QED) is 0.440. The van der Waals surface area contributed by atoms with Crippen LogP contribution in [0.4, 0.5) is 10.5 Å². The van der Waals surface area contributed by atoms with Crippen molar-refractivity contribution in [1.29, 1.82) is 0 Å². The Hall–Kier alpha value is -2.68. The molecule has 0 fully saturated rings. The van der Waals surface area contributed by atoms with Crippen LogP contribution in [0.2, 0.25) is 0 Å². The van der Waals surface area contributed by atoms with Gasteiger partial charge in [0, 0.05) is 19.3 Å². The molecule has 6 nitrogen and oxygen atoms in total. The number of rotatable bonds is 5. The number of nitrogens with one attached hydrogen (secondary N) is 3. The Morgan fingerprint density at radius 1 is 1.25 bits per heavy atom. The first-order chi connectivity index (χ1) is 11.3. The summed E-state index contributed by atoms with van der Waals surface area (Å²) in [6.07, 6.45) is 5.56. The lowest BCUT2D eigenvalue weighted by molar-refractivity contribution is 0.0636. The van der Waals surface area contributed by atoms with E-state index in [1.807, 2.05) is 45.0 Å². The highest BCUT2D eigenvalue weighted by Gasteiger charge is 2.15. The zero-order chi connectivity index (χ0) is 18.0. The van der Waals surface area contributed by atoms with Crippen LogP contribution < -0.4 is 16.0 Å². The van der Waals surface area contributed by atoms with E-state index < -0.39 is 11.7 Å². The third-order valence-electron chi connectivity index (χ3n) is 2.89. The average Bonchev–Trinajstić information content (AvgIpc) is 2.50. The number of hydrogen-bond acceptors (Lipinski definition) is 3. The molecule has 0 aliphatic heterocycles. The number of terminal acetylenes is 1. The molecule has 6 heteroatoms. The van der Waals surface area contributed by atoms with Crippen molar-refractivity contribution in [2.75, 3.05) is 25.5 Å². The molecule has 0 aliphatic rings. The van der Waals surface area contributed by atoms with Crippen molar-refractivity contribution in [1.82, 2.24) is 10.6 Å². The van der Waals surface area contributed by atoms with Gasteiger partial charge in [-0.15, -0.1) is 6.42 Å². The smallest absolute Gasteiger partial charge is 0.412 e. The van der Waals surface area contributed by atoms with Crippen LogP contribution >= 0.6 is 0 Å². The van der Waals surface area contributed by atoms with Crippen LogP contribution in [0, 0.1) is 12.3 Å². The third kappa shape index (κ3) is 8.08. The van der Waals surface area contributed by atoms with Crippen molar-refractivity contribution in [2.24, 2.45) is 4.99 Å². The van der Waals surface area contributed by atoms with Crippen LogP contribution in [-0.4, -0.2) is 37.8 Å². The van der Waals surface area contributed by atoms with Gasteiger partial charge in [-0.3, -0.25) is 10.3 Å². The number of hydrogen-bond donors (Lipinski definition) is 3. The standard InChI is InChI=1S/C18H26N4O2/c1-6-12-20-16(19-5)21-13-11-14-7-9-15(10-8-14)22-17(23)24-18(2,3)4/h1,7-10H,11-13H2,2-5H3,(H,22,23)(H2,19,20,21). The highest BCUT2D eigenvalue weighted by molar-refractivity contribution is 5.84. The van der Waals surface area contributed by atoms with Gasteiger partial charge in [-0.25, -0.2) is 4.79 Å². The van der Waals surface area contributed by atoms with Crippen LogP contribution in [0.1, 0.15) is 26.3 Å². The number of amides is 1. The number of aliphatic imine (C=N–C) groups is 1. The molecule has 0 saturated heterocycles. The van der Waals surface area contributed by atoms with E-state index in [2.05, 4.69) is 26.9 Å². The van der Waals surface area contributed by atoms with Gasteiger partial charge in [-0.05, 0) is 44.9 Å². The number of carbonyl (C=O) groups is 1. The number of carbonyl (C=O) groups excluding carboxylic acids is 1. The monoisotopic (exact) mass is 330 g/mol. The highest BCUT2D eigenvalue weighted by Crippen LogP contribution is 2.13. The van der Waals surface area contributed by atoms with Crippen molar-refractivity contribution >= 4 is 17.7 Å². The Morgan fingerprint density at radius 2 is 1.92 bits per heavy atom. The second kappa shape index (κ2) is 9.46. The minimum absolute atomic E-state index is 0.435. The molecule has 0 atom stereocenters. The minimum Gasteiger partial charge on any atom is -0.444 e. The molecule has 0 heterocycles. The van der Waals surface area contributed by atoms with E-state index in [1.54, 1.807) is 7.05 Å². The summed E-state index contributed by atoms with van der Waals surface area (Å²) in [6.45, 7) is 6.65. The number of anilines is 1. The normalized spacial score (nSPS) is 11.4. The van der Waals surface area contributed by atoms with E-state index in [9.17, 15) is 4.79 Å². The summed E-state index contributed by atoms with van der Waals surface area (Å²) in [6, 6.07) is 7.63. The van der Waals surface area contributed by atoms with Crippen LogP contribution in [0.5, 0.6) is 0 Å². The average molecular weight is 330 g/mol. The molecule has 1 aromatic rings. The SMILES string of the molecule is C#CCNC(=NC)NCCc1ccc(NC(=O)OC(C)(C)C)cc1. The maximum Gasteiger partial charge on any atom is 0.412 e. The van der Waals surface area contributed by atoms with E-state index in [4.69, 9.17) is 11.2 Å². The van der Waals surface area contributed by atoms with Crippen molar-refractivity contribution in [3.8, 4) is 12.3 Å². The van der Waals surface area contributed by atoms with Crippen LogP contribution in [0.15, 0.2) is 29.3 Å². The second-order valence-corrected chi connectivity index (χ2v) is 6.13. The number of nitrogens with zero attached hydrogens (tertiary/aromatic N) is 1. The summed E-state index contributed by atoms with van der Waals surface area (Å²) in [5.41, 5.74) is 1.33. The molecule has 1 amide bonds. The lowest BCUT2D eigenvalue weighted by Gasteiger charge is -2.19. The van der Waals surface area contributed by atoms with Gasteiger partial charge in [0.25, 0.3) is 0 Å². The summed E-state index contributed by atoms with van der Waals surface area (Å²) in [7, 11) is 1.70. The molecule has 24 heavy (non-hydrogen) atoms. The Bertz CT molecular complexity index is 595. The summed E-state index contributed by atoms with van der Waals surface area (Å²) >= 11 is 0. The van der Waals surface area contributed by atoms with Crippen molar-refractivity contribution in [3.05, 3.63) is 29.8 Å². The molecule has 1 rings (SSSR count). The van der Waals surface area contributed by atoms with Crippen molar-refractivity contribution < 1.29 is 9.53 Å². The van der Waals surface area contributed by atoms with Crippen LogP contribution in [0.3, 0.4) is 0 Å². The maximum absolute atomic E-state index is 11.7. The third-order valence-corrected chi connectivity index (χ3v) is 2.89. The van der Waals surface area contributed by atoms with Crippen molar-refractivity contribution in [3.63, 3.8) is 0 Å². The van der Waals surface area contributed by atoms with Gasteiger partial charge >= 0.3 is 6.09 Å². The molecular formula is C18H26N4O2. The van der Waals surface area contributed by atoms with Crippen LogP contribution in [-0.2, 0) is 11.2 Å². The lowest BCUT2D eigenvalue weighted by Crippen LogP contribution is -2.38. The largest absolute Gasteiger partial charge is 0.444 e. The molecule has 0 spiro atoms. The van der Waals surface area contributed by atoms with E-state index in [0.29, 0.717) is 18.2 Å². The van der Waals surface area contributed by atoms with Gasteiger partial charge in [0.15, 0.2) is 5.96 Å². The fourth-order valence-electron chi connectivity index (χ4n) is 1.86. The van der Waals surface area contributed by atoms with Gasteiger partial charge in [-0.1, -0.05) is 18.1 Å². The number of benzene rings is 1. The molecule has 0 aliphatic carbocycles. The van der Waals surface area contributed by atoms with Gasteiger partial charge in [0.1, 0.15) is 5.60 Å². The van der Waals surface area contributed by atoms with E-state index in [1.165, 1.54) is 0 Å². The van der Waals surface area contributed by atoms with Gasteiger partial charge in [-0.2, -0.15) is 0 Å². The zero-order valence-corrected chi connectivity index (χ0v) is 14.8. The summed E-state index contributed by atoms with van der Waals surface area (Å²) < 4.78 is 5.21. The summed E-state index contributed by atoms with van der Waals surface area (Å²) in [5.74, 6) is 3.18. The number of guanidine groups is 1. The molecule has 1 aromatic carbocycles. The molecule has 3 N–H and O–H groups in total. The molecule has 130 valence electrons. The van der Waals surface area contributed by atoms with Gasteiger partial charge in [0.2, 0.25) is 0 Å². The molecule has 0 radical (unpaired) electrons. The fraction of sp³-hybridized carbons (Fsp3) is 0.444. The second-order valence-electron chi connectivity index (χ2n) is 6.13.